The van der Waals surface area contributed by atoms with Gasteiger partial charge in [0.15, 0.2) is 0 Å². The van der Waals surface area contributed by atoms with Crippen LogP contribution in [0.15, 0.2) is 24.3 Å². The lowest BCUT2D eigenvalue weighted by Gasteiger charge is -2.09. The van der Waals surface area contributed by atoms with Crippen LogP contribution in [0.1, 0.15) is 23.4 Å². The molecule has 0 saturated heterocycles. The maximum atomic E-state index is 13.8. The van der Waals surface area contributed by atoms with Crippen LogP contribution < -0.4 is 11.1 Å². The molecule has 0 saturated carbocycles. The van der Waals surface area contributed by atoms with Gasteiger partial charge in [-0.15, -0.1) is 0 Å². The quantitative estimate of drug-likeness (QED) is 0.636. The van der Waals surface area contributed by atoms with Gasteiger partial charge in [0.05, 0.1) is 11.4 Å². The third kappa shape index (κ3) is 4.01. The van der Waals surface area contributed by atoms with E-state index in [1.165, 1.54) is 6.07 Å². The molecule has 4 nitrogen and oxygen atoms in total. The number of aryl methyl sites for hydroxylation is 3. The first-order valence-corrected chi connectivity index (χ1v) is 7.22. The van der Waals surface area contributed by atoms with Gasteiger partial charge in [0.1, 0.15) is 10.8 Å². The zero-order valence-electron chi connectivity index (χ0n) is 12.2. The standard InChI is InChI=1S/C15H19FN4S/c1-10-8-11(2)20(19-10)7-3-6-18-14-5-4-12(15(17)21)9-13(14)16/h4-5,8-9,18H,3,6-7H2,1-2H3,(H2,17,21). The third-order valence-electron chi connectivity index (χ3n) is 3.22. The van der Waals surface area contributed by atoms with Crippen LogP contribution >= 0.6 is 12.2 Å². The molecule has 1 aromatic carbocycles. The van der Waals surface area contributed by atoms with Gasteiger partial charge in [0.25, 0.3) is 0 Å². The Morgan fingerprint density at radius 1 is 1.38 bits per heavy atom. The highest BCUT2D eigenvalue weighted by Crippen LogP contribution is 2.15. The Hall–Kier alpha value is -1.95. The van der Waals surface area contributed by atoms with Crippen LogP contribution in [0, 0.1) is 19.7 Å². The zero-order chi connectivity index (χ0) is 15.4. The summed E-state index contributed by atoms with van der Waals surface area (Å²) in [6.45, 7) is 5.48. The van der Waals surface area contributed by atoms with Crippen molar-refractivity contribution in [3.05, 3.63) is 47.0 Å². The zero-order valence-corrected chi connectivity index (χ0v) is 13.0. The molecule has 0 atom stereocenters. The number of rotatable bonds is 6. The lowest BCUT2D eigenvalue weighted by Crippen LogP contribution is -2.12. The summed E-state index contributed by atoms with van der Waals surface area (Å²) >= 11 is 4.82. The Bertz CT molecular complexity index is 651. The van der Waals surface area contributed by atoms with Crippen molar-refractivity contribution in [3.8, 4) is 0 Å². The second-order valence-electron chi connectivity index (χ2n) is 4.99. The van der Waals surface area contributed by atoms with Crippen LogP contribution in [0.25, 0.3) is 0 Å². The number of hydrogen-bond acceptors (Lipinski definition) is 3. The van der Waals surface area contributed by atoms with E-state index in [-0.39, 0.29) is 10.8 Å². The molecule has 0 fully saturated rings. The average Bonchev–Trinajstić information content (AvgIpc) is 2.74. The number of aromatic nitrogens is 2. The second-order valence-corrected chi connectivity index (χ2v) is 5.43. The molecule has 0 bridgehead atoms. The van der Waals surface area contributed by atoms with E-state index in [4.69, 9.17) is 18.0 Å². The minimum atomic E-state index is -0.341. The Morgan fingerprint density at radius 2 is 2.14 bits per heavy atom. The number of nitrogens with zero attached hydrogens (tertiary/aromatic N) is 2. The lowest BCUT2D eigenvalue weighted by molar-refractivity contribution is 0.572. The molecule has 2 rings (SSSR count). The summed E-state index contributed by atoms with van der Waals surface area (Å²) in [5, 5.41) is 7.47. The highest BCUT2D eigenvalue weighted by molar-refractivity contribution is 7.80. The number of benzene rings is 1. The summed E-state index contributed by atoms with van der Waals surface area (Å²) in [5.41, 5.74) is 8.62. The molecule has 1 aromatic heterocycles. The van der Waals surface area contributed by atoms with Crippen molar-refractivity contribution >= 4 is 22.9 Å². The molecule has 0 radical (unpaired) electrons. The van der Waals surface area contributed by atoms with Gasteiger partial charge in [-0.1, -0.05) is 12.2 Å². The van der Waals surface area contributed by atoms with E-state index in [1.54, 1.807) is 12.1 Å². The highest BCUT2D eigenvalue weighted by Gasteiger charge is 2.05. The van der Waals surface area contributed by atoms with Gasteiger partial charge in [-0.2, -0.15) is 5.10 Å². The average molecular weight is 306 g/mol. The summed E-state index contributed by atoms with van der Waals surface area (Å²) in [6.07, 6.45) is 0.860. The molecule has 0 amide bonds. The van der Waals surface area contributed by atoms with Crippen LogP contribution in [0.4, 0.5) is 10.1 Å². The van der Waals surface area contributed by atoms with Crippen LogP contribution in [0.5, 0.6) is 0 Å². The molecule has 0 aliphatic carbocycles. The predicted octanol–water partition coefficient (Wildman–Crippen LogP) is 2.78. The fourth-order valence-corrected chi connectivity index (χ4v) is 2.29. The van der Waals surface area contributed by atoms with Crippen molar-refractivity contribution in [2.45, 2.75) is 26.8 Å². The molecule has 0 unspecified atom stereocenters. The molecular formula is C15H19FN4S. The molecule has 3 N–H and O–H groups in total. The van der Waals surface area contributed by atoms with Crippen molar-refractivity contribution in [1.82, 2.24) is 9.78 Å². The summed E-state index contributed by atoms with van der Waals surface area (Å²) in [4.78, 5) is 0.199. The molecule has 2 aromatic rings. The van der Waals surface area contributed by atoms with E-state index in [0.29, 0.717) is 17.8 Å². The molecule has 0 aliphatic rings. The van der Waals surface area contributed by atoms with E-state index in [9.17, 15) is 4.39 Å². The molecule has 112 valence electrons. The number of thiocarbonyl (C=S) groups is 1. The Morgan fingerprint density at radius 3 is 2.71 bits per heavy atom. The van der Waals surface area contributed by atoms with Gasteiger partial charge in [0.2, 0.25) is 0 Å². The van der Waals surface area contributed by atoms with Gasteiger partial charge in [-0.3, -0.25) is 4.68 Å². The summed E-state index contributed by atoms with van der Waals surface area (Å²) in [7, 11) is 0. The number of anilines is 1. The summed E-state index contributed by atoms with van der Waals surface area (Å²) in [5.74, 6) is -0.341. The number of nitrogens with one attached hydrogen (secondary N) is 1. The third-order valence-corrected chi connectivity index (χ3v) is 3.45. The van der Waals surface area contributed by atoms with Crippen LogP contribution in [0.3, 0.4) is 0 Å². The predicted molar refractivity (Wildman–Crippen MR) is 87.1 cm³/mol. The minimum Gasteiger partial charge on any atom is -0.389 e. The van der Waals surface area contributed by atoms with Gasteiger partial charge < -0.3 is 11.1 Å². The van der Waals surface area contributed by atoms with Crippen molar-refractivity contribution < 1.29 is 4.39 Å². The highest BCUT2D eigenvalue weighted by atomic mass is 32.1. The van der Waals surface area contributed by atoms with Crippen LogP contribution in [-0.4, -0.2) is 21.3 Å². The van der Waals surface area contributed by atoms with Gasteiger partial charge in [0, 0.05) is 24.3 Å². The molecular weight excluding hydrogens is 287 g/mol. The Labute approximate surface area is 129 Å². The topological polar surface area (TPSA) is 55.9 Å². The first-order chi connectivity index (χ1) is 9.97. The van der Waals surface area contributed by atoms with E-state index in [0.717, 1.165) is 24.4 Å². The van der Waals surface area contributed by atoms with Crippen molar-refractivity contribution in [1.29, 1.82) is 0 Å². The maximum Gasteiger partial charge on any atom is 0.146 e. The van der Waals surface area contributed by atoms with E-state index >= 15 is 0 Å². The number of nitrogens with two attached hydrogens (primary N) is 1. The monoisotopic (exact) mass is 306 g/mol. The lowest BCUT2D eigenvalue weighted by atomic mass is 10.2. The molecule has 1 heterocycles. The van der Waals surface area contributed by atoms with E-state index < -0.39 is 0 Å². The van der Waals surface area contributed by atoms with E-state index in [1.807, 2.05) is 24.6 Å². The number of hydrogen-bond donors (Lipinski definition) is 2. The number of halogens is 1. The van der Waals surface area contributed by atoms with E-state index in [2.05, 4.69) is 10.4 Å². The smallest absolute Gasteiger partial charge is 0.146 e. The van der Waals surface area contributed by atoms with Crippen molar-refractivity contribution in [2.75, 3.05) is 11.9 Å². The summed E-state index contributed by atoms with van der Waals surface area (Å²) < 4.78 is 15.8. The normalized spacial score (nSPS) is 10.6. The first kappa shape index (κ1) is 15.4. The SMILES string of the molecule is Cc1cc(C)n(CCCNc2ccc(C(N)=S)cc2F)n1. The minimum absolute atomic E-state index is 0.199. The Kier molecular flexibility index (Phi) is 4.90. The molecule has 6 heteroatoms. The van der Waals surface area contributed by atoms with Crippen LogP contribution in [-0.2, 0) is 6.54 Å². The first-order valence-electron chi connectivity index (χ1n) is 6.81. The van der Waals surface area contributed by atoms with Crippen molar-refractivity contribution in [2.24, 2.45) is 5.73 Å². The van der Waals surface area contributed by atoms with Crippen LogP contribution in [0.2, 0.25) is 0 Å². The molecule has 21 heavy (non-hydrogen) atoms. The molecule has 0 spiro atoms. The van der Waals surface area contributed by atoms with Gasteiger partial charge in [-0.05, 0) is 44.5 Å². The second kappa shape index (κ2) is 6.67. The fraction of sp³-hybridized carbons (Fsp3) is 0.333. The molecule has 0 aliphatic heterocycles. The van der Waals surface area contributed by atoms with Gasteiger partial charge in [-0.25, -0.2) is 4.39 Å². The summed E-state index contributed by atoms with van der Waals surface area (Å²) in [6, 6.07) is 6.77. The van der Waals surface area contributed by atoms with Gasteiger partial charge >= 0.3 is 0 Å². The fourth-order valence-electron chi connectivity index (χ4n) is 2.16. The largest absolute Gasteiger partial charge is 0.389 e. The Balaban J connectivity index is 1.86. The maximum absolute atomic E-state index is 13.8. The van der Waals surface area contributed by atoms with Crippen molar-refractivity contribution in [3.63, 3.8) is 0 Å².